The van der Waals surface area contributed by atoms with Gasteiger partial charge in [0.2, 0.25) is 5.91 Å². The number of nitrogens with one attached hydrogen (secondary N) is 1. The first-order valence-corrected chi connectivity index (χ1v) is 9.04. The number of hydrogen-bond donors (Lipinski definition) is 2. The summed E-state index contributed by atoms with van der Waals surface area (Å²) in [5, 5.41) is 10.6. The van der Waals surface area contributed by atoms with E-state index >= 15 is 0 Å². The number of nitrogens with two attached hydrogens (primary N) is 1. The second-order valence-electron chi connectivity index (χ2n) is 5.78. The van der Waals surface area contributed by atoms with Crippen LogP contribution in [0.15, 0.2) is 53.9 Å². The molecule has 0 radical (unpaired) electrons. The SMILES string of the molecule is Cc1ccccc1-n1c(SC(C)C(=O)NC(N)=O)nnc1-c1ccncc1. The first-order valence-electron chi connectivity index (χ1n) is 8.16. The number of para-hydroxylation sites is 1. The number of hydrogen-bond acceptors (Lipinski definition) is 6. The number of imide groups is 1. The van der Waals surface area contributed by atoms with Gasteiger partial charge in [0.1, 0.15) is 0 Å². The Bertz CT molecular complexity index is 973. The van der Waals surface area contributed by atoms with Crippen molar-refractivity contribution in [3.05, 3.63) is 54.4 Å². The minimum absolute atomic E-state index is 0.489. The normalized spacial score (nSPS) is 11.8. The Hall–Kier alpha value is -3.20. The number of aromatic nitrogens is 4. The lowest BCUT2D eigenvalue weighted by molar-refractivity contribution is -0.119. The lowest BCUT2D eigenvalue weighted by atomic mass is 10.2. The summed E-state index contributed by atoms with van der Waals surface area (Å²) in [7, 11) is 0. The van der Waals surface area contributed by atoms with E-state index in [1.807, 2.05) is 47.9 Å². The molecule has 3 N–H and O–H groups in total. The van der Waals surface area contributed by atoms with Crippen LogP contribution in [0.3, 0.4) is 0 Å². The minimum atomic E-state index is -0.884. The zero-order chi connectivity index (χ0) is 19.4. The summed E-state index contributed by atoms with van der Waals surface area (Å²) in [5.74, 6) is 0.147. The van der Waals surface area contributed by atoms with Gasteiger partial charge in [-0.3, -0.25) is 19.7 Å². The van der Waals surface area contributed by atoms with E-state index in [1.165, 1.54) is 11.8 Å². The van der Waals surface area contributed by atoms with Gasteiger partial charge in [0.25, 0.3) is 0 Å². The Morgan fingerprint density at radius 1 is 1.15 bits per heavy atom. The first kappa shape index (κ1) is 18.6. The van der Waals surface area contributed by atoms with Gasteiger partial charge in [-0.1, -0.05) is 30.0 Å². The zero-order valence-electron chi connectivity index (χ0n) is 14.8. The molecule has 8 nitrogen and oxygen atoms in total. The fourth-order valence-corrected chi connectivity index (χ4v) is 3.36. The van der Waals surface area contributed by atoms with Gasteiger partial charge in [-0.15, -0.1) is 10.2 Å². The maximum Gasteiger partial charge on any atom is 0.318 e. The van der Waals surface area contributed by atoms with Crippen LogP contribution in [-0.4, -0.2) is 36.9 Å². The van der Waals surface area contributed by atoms with Crippen LogP contribution in [-0.2, 0) is 4.79 Å². The summed E-state index contributed by atoms with van der Waals surface area (Å²) in [6.45, 7) is 3.66. The lowest BCUT2D eigenvalue weighted by Crippen LogP contribution is -2.39. The van der Waals surface area contributed by atoms with E-state index in [0.717, 1.165) is 16.8 Å². The van der Waals surface area contributed by atoms with E-state index in [-0.39, 0.29) is 0 Å². The summed E-state index contributed by atoms with van der Waals surface area (Å²) < 4.78 is 1.89. The Kier molecular flexibility index (Phi) is 5.51. The van der Waals surface area contributed by atoms with E-state index in [1.54, 1.807) is 19.3 Å². The maximum absolute atomic E-state index is 12.1. The average molecular weight is 382 g/mol. The van der Waals surface area contributed by atoms with Crippen LogP contribution in [0.2, 0.25) is 0 Å². The summed E-state index contributed by atoms with van der Waals surface area (Å²) in [6.07, 6.45) is 3.36. The van der Waals surface area contributed by atoms with E-state index in [0.29, 0.717) is 11.0 Å². The standard InChI is InChI=1S/C18H18N6O2S/c1-11-5-3-4-6-14(11)24-15(13-7-9-20-10-8-13)22-23-18(24)27-12(2)16(25)21-17(19)26/h3-10,12H,1-2H3,(H3,19,21,25,26). The van der Waals surface area contributed by atoms with Gasteiger partial charge in [-0.05, 0) is 37.6 Å². The second kappa shape index (κ2) is 8.00. The molecule has 0 spiro atoms. The van der Waals surface area contributed by atoms with Gasteiger partial charge in [0.15, 0.2) is 11.0 Å². The molecule has 0 bridgehead atoms. The molecule has 2 aromatic heterocycles. The molecule has 0 aliphatic heterocycles. The third-order valence-corrected chi connectivity index (χ3v) is 4.87. The fourth-order valence-electron chi connectivity index (χ4n) is 2.50. The van der Waals surface area contributed by atoms with Crippen LogP contribution in [0.25, 0.3) is 17.1 Å². The molecule has 0 aliphatic carbocycles. The highest BCUT2D eigenvalue weighted by Gasteiger charge is 2.23. The lowest BCUT2D eigenvalue weighted by Gasteiger charge is -2.14. The van der Waals surface area contributed by atoms with Gasteiger partial charge in [-0.2, -0.15) is 0 Å². The molecule has 138 valence electrons. The van der Waals surface area contributed by atoms with Gasteiger partial charge in [-0.25, -0.2) is 4.79 Å². The number of benzene rings is 1. The Morgan fingerprint density at radius 2 is 1.85 bits per heavy atom. The monoisotopic (exact) mass is 382 g/mol. The topological polar surface area (TPSA) is 116 Å². The fraction of sp³-hybridized carbons (Fsp3) is 0.167. The van der Waals surface area contributed by atoms with Crippen molar-refractivity contribution in [3.8, 4) is 17.1 Å². The number of primary amides is 1. The van der Waals surface area contributed by atoms with E-state index in [4.69, 9.17) is 5.73 Å². The van der Waals surface area contributed by atoms with Crippen molar-refractivity contribution in [1.29, 1.82) is 0 Å². The van der Waals surface area contributed by atoms with Crippen molar-refractivity contribution >= 4 is 23.7 Å². The Labute approximate surface area is 160 Å². The van der Waals surface area contributed by atoms with Crippen molar-refractivity contribution in [2.75, 3.05) is 0 Å². The van der Waals surface area contributed by atoms with Crippen molar-refractivity contribution in [1.82, 2.24) is 25.1 Å². The summed E-state index contributed by atoms with van der Waals surface area (Å²) in [5.41, 5.74) is 7.81. The number of carbonyl (C=O) groups excluding carboxylic acids is 2. The zero-order valence-corrected chi connectivity index (χ0v) is 15.6. The van der Waals surface area contributed by atoms with Crippen LogP contribution >= 0.6 is 11.8 Å². The first-order chi connectivity index (χ1) is 13.0. The quantitative estimate of drug-likeness (QED) is 0.654. The van der Waals surface area contributed by atoms with Gasteiger partial charge < -0.3 is 5.73 Å². The molecular weight excluding hydrogens is 364 g/mol. The third-order valence-electron chi connectivity index (χ3n) is 3.83. The van der Waals surface area contributed by atoms with Crippen LogP contribution < -0.4 is 11.1 Å². The predicted octanol–water partition coefficient (Wildman–Crippen LogP) is 2.31. The molecule has 0 saturated heterocycles. The number of aryl methyl sites for hydroxylation is 1. The van der Waals surface area contributed by atoms with Crippen molar-refractivity contribution in [2.24, 2.45) is 5.73 Å². The molecule has 1 aromatic carbocycles. The van der Waals surface area contributed by atoms with Crippen molar-refractivity contribution in [3.63, 3.8) is 0 Å². The van der Waals surface area contributed by atoms with Gasteiger partial charge in [0, 0.05) is 18.0 Å². The number of nitrogens with zero attached hydrogens (tertiary/aromatic N) is 4. The molecule has 3 amide bonds. The highest BCUT2D eigenvalue weighted by atomic mass is 32.2. The smallest absolute Gasteiger partial charge is 0.318 e. The molecule has 0 saturated carbocycles. The third kappa shape index (κ3) is 4.14. The minimum Gasteiger partial charge on any atom is -0.351 e. The van der Waals surface area contributed by atoms with Crippen LogP contribution in [0.4, 0.5) is 4.79 Å². The molecule has 3 aromatic rings. The predicted molar refractivity (Wildman–Crippen MR) is 102 cm³/mol. The molecule has 9 heteroatoms. The number of amides is 3. The number of urea groups is 1. The van der Waals surface area contributed by atoms with Crippen LogP contribution in [0.5, 0.6) is 0 Å². The van der Waals surface area contributed by atoms with Crippen molar-refractivity contribution in [2.45, 2.75) is 24.3 Å². The molecule has 27 heavy (non-hydrogen) atoms. The molecular formula is C18H18N6O2S. The average Bonchev–Trinajstić information content (AvgIpc) is 3.05. The van der Waals surface area contributed by atoms with Crippen LogP contribution in [0, 0.1) is 6.92 Å². The molecule has 1 unspecified atom stereocenters. The van der Waals surface area contributed by atoms with E-state index in [2.05, 4.69) is 20.5 Å². The largest absolute Gasteiger partial charge is 0.351 e. The van der Waals surface area contributed by atoms with Gasteiger partial charge in [0.05, 0.1) is 10.9 Å². The highest BCUT2D eigenvalue weighted by Crippen LogP contribution is 2.31. The molecule has 1 atom stereocenters. The number of rotatable bonds is 5. The number of thioether (sulfide) groups is 1. The molecule has 0 aliphatic rings. The summed E-state index contributed by atoms with van der Waals surface area (Å²) in [6, 6.07) is 10.6. The van der Waals surface area contributed by atoms with E-state index in [9.17, 15) is 9.59 Å². The Balaban J connectivity index is 2.05. The number of carbonyl (C=O) groups is 2. The molecule has 0 fully saturated rings. The molecule has 3 rings (SSSR count). The second-order valence-corrected chi connectivity index (χ2v) is 7.09. The Morgan fingerprint density at radius 3 is 2.52 bits per heavy atom. The van der Waals surface area contributed by atoms with Gasteiger partial charge >= 0.3 is 6.03 Å². The van der Waals surface area contributed by atoms with Crippen LogP contribution in [0.1, 0.15) is 12.5 Å². The summed E-state index contributed by atoms with van der Waals surface area (Å²) in [4.78, 5) is 27.0. The number of pyridine rings is 1. The maximum atomic E-state index is 12.1. The summed E-state index contributed by atoms with van der Waals surface area (Å²) >= 11 is 1.19. The van der Waals surface area contributed by atoms with E-state index < -0.39 is 17.2 Å². The highest BCUT2D eigenvalue weighted by molar-refractivity contribution is 8.00. The molecule has 2 heterocycles. The van der Waals surface area contributed by atoms with Crippen molar-refractivity contribution < 1.29 is 9.59 Å².